The molecule has 0 bridgehead atoms. The first kappa shape index (κ1) is 17.8. The zero-order valence-corrected chi connectivity index (χ0v) is 16.3. The SMILES string of the molecule is CCN(CC)CCCNc1c2c(c(C#N)c3nc4ccccc4n13)CCC2. The Bertz CT molecular complexity index is 1010. The van der Waals surface area contributed by atoms with Crippen LogP contribution >= 0.6 is 0 Å². The van der Waals surface area contributed by atoms with Crippen LogP contribution in [0.15, 0.2) is 24.3 Å². The van der Waals surface area contributed by atoms with Crippen LogP contribution in [0.3, 0.4) is 0 Å². The van der Waals surface area contributed by atoms with Gasteiger partial charge in [0.25, 0.3) is 0 Å². The number of benzene rings is 1. The number of para-hydroxylation sites is 2. The molecule has 2 heterocycles. The summed E-state index contributed by atoms with van der Waals surface area (Å²) in [6.45, 7) is 8.65. The summed E-state index contributed by atoms with van der Waals surface area (Å²) in [5.74, 6) is 1.14. The number of aromatic nitrogens is 2. The predicted molar refractivity (Wildman–Crippen MR) is 110 cm³/mol. The lowest BCUT2D eigenvalue weighted by Gasteiger charge is -2.19. The molecule has 0 fully saturated rings. The van der Waals surface area contributed by atoms with Crippen LogP contribution in [-0.2, 0) is 12.8 Å². The third kappa shape index (κ3) is 3.04. The van der Waals surface area contributed by atoms with Gasteiger partial charge in [0.2, 0.25) is 0 Å². The molecule has 5 heteroatoms. The van der Waals surface area contributed by atoms with E-state index in [0.29, 0.717) is 0 Å². The van der Waals surface area contributed by atoms with Gasteiger partial charge in [0, 0.05) is 6.54 Å². The van der Waals surface area contributed by atoms with E-state index in [1.165, 1.54) is 11.1 Å². The lowest BCUT2D eigenvalue weighted by molar-refractivity contribution is 0.303. The normalized spacial score (nSPS) is 13.4. The smallest absolute Gasteiger partial charge is 0.157 e. The number of pyridine rings is 1. The van der Waals surface area contributed by atoms with Crippen LogP contribution in [0.4, 0.5) is 5.82 Å². The highest BCUT2D eigenvalue weighted by Crippen LogP contribution is 2.36. The first-order chi connectivity index (χ1) is 13.3. The molecule has 2 aromatic heterocycles. The van der Waals surface area contributed by atoms with Gasteiger partial charge in [-0.1, -0.05) is 26.0 Å². The van der Waals surface area contributed by atoms with E-state index in [2.05, 4.69) is 40.6 Å². The van der Waals surface area contributed by atoms with Crippen molar-refractivity contribution in [2.75, 3.05) is 31.5 Å². The van der Waals surface area contributed by atoms with Crippen LogP contribution in [0.2, 0.25) is 0 Å². The van der Waals surface area contributed by atoms with Crippen LogP contribution in [0.5, 0.6) is 0 Å². The predicted octanol–water partition coefficient (Wildman–Crippen LogP) is 3.99. The second-order valence-electron chi connectivity index (χ2n) is 7.21. The summed E-state index contributed by atoms with van der Waals surface area (Å²) in [7, 11) is 0. The molecule has 0 amide bonds. The molecule has 4 rings (SSSR count). The molecule has 1 aliphatic rings. The molecule has 1 N–H and O–H groups in total. The van der Waals surface area contributed by atoms with Gasteiger partial charge in [0.1, 0.15) is 11.9 Å². The molecular weight excluding hydrogens is 334 g/mol. The Morgan fingerprint density at radius 1 is 1.19 bits per heavy atom. The molecule has 140 valence electrons. The van der Waals surface area contributed by atoms with Crippen molar-refractivity contribution in [2.24, 2.45) is 0 Å². The highest BCUT2D eigenvalue weighted by molar-refractivity contribution is 5.86. The van der Waals surface area contributed by atoms with Gasteiger partial charge in [-0.2, -0.15) is 5.26 Å². The maximum Gasteiger partial charge on any atom is 0.157 e. The summed E-state index contributed by atoms with van der Waals surface area (Å²) < 4.78 is 2.18. The van der Waals surface area contributed by atoms with Crippen molar-refractivity contribution in [3.8, 4) is 6.07 Å². The molecule has 0 radical (unpaired) electrons. The topological polar surface area (TPSA) is 56.4 Å². The molecule has 1 aliphatic carbocycles. The number of imidazole rings is 1. The van der Waals surface area contributed by atoms with Crippen LogP contribution < -0.4 is 5.32 Å². The van der Waals surface area contributed by atoms with E-state index in [1.54, 1.807) is 0 Å². The Morgan fingerprint density at radius 2 is 1.96 bits per heavy atom. The van der Waals surface area contributed by atoms with Gasteiger partial charge in [-0.05, 0) is 68.6 Å². The summed E-state index contributed by atoms with van der Waals surface area (Å²) >= 11 is 0. The fourth-order valence-electron chi connectivity index (χ4n) is 4.32. The van der Waals surface area contributed by atoms with E-state index in [9.17, 15) is 5.26 Å². The summed E-state index contributed by atoms with van der Waals surface area (Å²) in [6.07, 6.45) is 4.23. The summed E-state index contributed by atoms with van der Waals surface area (Å²) in [5.41, 5.74) is 6.09. The van der Waals surface area contributed by atoms with Crippen molar-refractivity contribution < 1.29 is 0 Å². The molecule has 0 saturated heterocycles. The van der Waals surface area contributed by atoms with Gasteiger partial charge in [-0.3, -0.25) is 4.40 Å². The highest BCUT2D eigenvalue weighted by Gasteiger charge is 2.25. The average molecular weight is 361 g/mol. The fourth-order valence-corrected chi connectivity index (χ4v) is 4.32. The average Bonchev–Trinajstić information content (AvgIpc) is 3.32. The van der Waals surface area contributed by atoms with Crippen molar-refractivity contribution >= 4 is 22.5 Å². The summed E-state index contributed by atoms with van der Waals surface area (Å²) in [5, 5.41) is 13.5. The van der Waals surface area contributed by atoms with Crippen LogP contribution in [-0.4, -0.2) is 40.5 Å². The minimum Gasteiger partial charge on any atom is -0.371 e. The quantitative estimate of drug-likeness (QED) is 0.647. The molecule has 3 aromatic rings. The molecule has 5 nitrogen and oxygen atoms in total. The Balaban J connectivity index is 1.76. The lowest BCUT2D eigenvalue weighted by Crippen LogP contribution is -2.25. The van der Waals surface area contributed by atoms with Gasteiger partial charge in [0.05, 0.1) is 16.6 Å². The first-order valence-electron chi connectivity index (χ1n) is 10.1. The first-order valence-corrected chi connectivity index (χ1v) is 10.1. The van der Waals surface area contributed by atoms with Gasteiger partial charge in [-0.25, -0.2) is 4.98 Å². The van der Waals surface area contributed by atoms with E-state index in [1.807, 2.05) is 18.2 Å². The number of nitrogens with one attached hydrogen (secondary N) is 1. The van der Waals surface area contributed by atoms with Crippen molar-refractivity contribution in [1.82, 2.24) is 14.3 Å². The number of nitriles is 1. The number of nitrogens with zero attached hydrogens (tertiary/aromatic N) is 4. The minimum atomic E-state index is 0.757. The minimum absolute atomic E-state index is 0.757. The van der Waals surface area contributed by atoms with E-state index in [-0.39, 0.29) is 0 Å². The third-order valence-electron chi connectivity index (χ3n) is 5.76. The maximum absolute atomic E-state index is 9.82. The molecule has 0 saturated carbocycles. The second kappa shape index (κ2) is 7.58. The zero-order chi connectivity index (χ0) is 18.8. The maximum atomic E-state index is 9.82. The van der Waals surface area contributed by atoms with Crippen molar-refractivity contribution in [1.29, 1.82) is 5.26 Å². The van der Waals surface area contributed by atoms with Gasteiger partial charge in [-0.15, -0.1) is 0 Å². The number of hydrogen-bond acceptors (Lipinski definition) is 4. The number of rotatable bonds is 7. The summed E-state index contributed by atoms with van der Waals surface area (Å²) in [6, 6.07) is 10.6. The largest absolute Gasteiger partial charge is 0.371 e. The van der Waals surface area contributed by atoms with Crippen LogP contribution in [0.25, 0.3) is 16.7 Å². The molecule has 0 aliphatic heterocycles. The van der Waals surface area contributed by atoms with Gasteiger partial charge in [0.15, 0.2) is 5.65 Å². The molecule has 27 heavy (non-hydrogen) atoms. The summed E-state index contributed by atoms with van der Waals surface area (Å²) in [4.78, 5) is 7.25. The Labute approximate surface area is 160 Å². The van der Waals surface area contributed by atoms with Gasteiger partial charge < -0.3 is 10.2 Å². The Hall–Kier alpha value is -2.58. The Kier molecular flexibility index (Phi) is 5.00. The van der Waals surface area contributed by atoms with E-state index in [4.69, 9.17) is 4.98 Å². The number of anilines is 1. The van der Waals surface area contributed by atoms with Crippen molar-refractivity contribution in [2.45, 2.75) is 39.5 Å². The van der Waals surface area contributed by atoms with Crippen molar-refractivity contribution in [3.05, 3.63) is 41.0 Å². The molecular formula is C22H27N5. The van der Waals surface area contributed by atoms with Crippen LogP contribution in [0, 0.1) is 11.3 Å². The van der Waals surface area contributed by atoms with Gasteiger partial charge >= 0.3 is 0 Å². The number of hydrogen-bond donors (Lipinski definition) is 1. The Morgan fingerprint density at radius 3 is 2.74 bits per heavy atom. The second-order valence-corrected chi connectivity index (χ2v) is 7.21. The van der Waals surface area contributed by atoms with E-state index < -0.39 is 0 Å². The molecule has 1 aromatic carbocycles. The fraction of sp³-hybridized carbons (Fsp3) is 0.455. The molecule has 0 atom stereocenters. The highest BCUT2D eigenvalue weighted by atomic mass is 15.1. The monoisotopic (exact) mass is 361 g/mol. The van der Waals surface area contributed by atoms with Crippen molar-refractivity contribution in [3.63, 3.8) is 0 Å². The van der Waals surface area contributed by atoms with Crippen LogP contribution in [0.1, 0.15) is 43.4 Å². The number of fused-ring (bicyclic) bond motifs is 4. The van der Waals surface area contributed by atoms with E-state index in [0.717, 1.165) is 79.9 Å². The third-order valence-corrected chi connectivity index (χ3v) is 5.76. The lowest BCUT2D eigenvalue weighted by atomic mass is 10.1. The molecule has 0 spiro atoms. The molecule has 0 unspecified atom stereocenters. The standard InChI is InChI=1S/C22H27N5/c1-3-26(4-2)14-8-13-24-21-17-10-7-9-16(17)18(15-23)22-25-19-11-5-6-12-20(19)27(21)22/h5-6,11-12,24H,3-4,7-10,13-14H2,1-2H3. The zero-order valence-electron chi connectivity index (χ0n) is 16.3. The van der Waals surface area contributed by atoms with E-state index >= 15 is 0 Å².